The molecule has 0 radical (unpaired) electrons. The summed E-state index contributed by atoms with van der Waals surface area (Å²) in [5.74, 6) is -2.77. The third-order valence-electron chi connectivity index (χ3n) is 4.14. The van der Waals surface area contributed by atoms with Crippen molar-refractivity contribution < 1.29 is 39.1 Å². The van der Waals surface area contributed by atoms with Crippen molar-refractivity contribution in [2.24, 2.45) is 0 Å². The topological polar surface area (TPSA) is 115 Å². The molecule has 0 fully saturated rings. The third-order valence-corrected chi connectivity index (χ3v) is 4.14. The first kappa shape index (κ1) is 20.3. The second-order valence-electron chi connectivity index (χ2n) is 5.63. The van der Waals surface area contributed by atoms with Crippen molar-refractivity contribution in [2.45, 2.75) is 12.2 Å². The molecule has 3 N–H and O–H groups in total. The highest BCUT2D eigenvalue weighted by atomic mass is 16.7. The second-order valence-corrected chi connectivity index (χ2v) is 5.63. The Kier molecular flexibility index (Phi) is 6.49. The minimum Gasteiger partial charge on any atom is -0.508 e. The summed E-state index contributed by atoms with van der Waals surface area (Å²) in [6.45, 7) is 0. The number of ether oxygens (including phenoxy) is 4. The molecule has 8 nitrogen and oxygen atoms in total. The number of aromatic hydroxyl groups is 3. The molecule has 146 valence electrons. The molecule has 2 rings (SSSR count). The summed E-state index contributed by atoms with van der Waals surface area (Å²) < 4.78 is 20.7. The molecule has 1 unspecified atom stereocenters. The van der Waals surface area contributed by atoms with Crippen LogP contribution < -0.4 is 9.47 Å². The Bertz CT molecular complexity index is 796. The van der Waals surface area contributed by atoms with E-state index < -0.39 is 23.7 Å². The Morgan fingerprint density at radius 2 is 1.52 bits per heavy atom. The van der Waals surface area contributed by atoms with Crippen LogP contribution in [0.25, 0.3) is 0 Å². The van der Waals surface area contributed by atoms with Gasteiger partial charge in [0.15, 0.2) is 23.6 Å². The zero-order valence-electron chi connectivity index (χ0n) is 15.4. The predicted octanol–water partition coefficient (Wildman–Crippen LogP) is 2.41. The number of hydrogen-bond donors (Lipinski definition) is 3. The SMILES string of the molecule is COc1cc(O)c(OC)c(O)c1C(=O)C(c1ccc(O)cc1)C(OC)OC. The molecule has 0 spiro atoms. The minimum atomic E-state index is -0.991. The molecule has 2 aromatic rings. The number of Topliss-reactive ketones (excluding diaryl/α,β-unsaturated/α-hetero) is 1. The molecule has 0 saturated carbocycles. The summed E-state index contributed by atoms with van der Waals surface area (Å²) in [6.07, 6.45) is -0.981. The van der Waals surface area contributed by atoms with E-state index in [1.807, 2.05) is 0 Å². The maximum Gasteiger partial charge on any atom is 0.203 e. The lowest BCUT2D eigenvalue weighted by atomic mass is 9.88. The number of methoxy groups -OCH3 is 4. The first-order valence-electron chi connectivity index (χ1n) is 7.95. The van der Waals surface area contributed by atoms with Crippen molar-refractivity contribution in [1.29, 1.82) is 0 Å². The average molecular weight is 378 g/mol. The minimum absolute atomic E-state index is 0.0306. The largest absolute Gasteiger partial charge is 0.508 e. The maximum atomic E-state index is 13.4. The van der Waals surface area contributed by atoms with Crippen molar-refractivity contribution in [3.05, 3.63) is 41.5 Å². The molecule has 0 aliphatic rings. The molecule has 27 heavy (non-hydrogen) atoms. The van der Waals surface area contributed by atoms with Gasteiger partial charge in [-0.05, 0) is 17.7 Å². The lowest BCUT2D eigenvalue weighted by Crippen LogP contribution is -2.30. The van der Waals surface area contributed by atoms with Gasteiger partial charge in [0.05, 0.1) is 20.1 Å². The van der Waals surface area contributed by atoms with Gasteiger partial charge in [0.25, 0.3) is 0 Å². The Labute approximate surface area is 156 Å². The Morgan fingerprint density at radius 3 is 2.00 bits per heavy atom. The van der Waals surface area contributed by atoms with E-state index in [9.17, 15) is 20.1 Å². The summed E-state index contributed by atoms with van der Waals surface area (Å²) in [4.78, 5) is 13.4. The molecule has 0 amide bonds. The zero-order valence-corrected chi connectivity index (χ0v) is 15.4. The molecule has 0 heterocycles. The van der Waals surface area contributed by atoms with Gasteiger partial charge in [0.2, 0.25) is 5.75 Å². The van der Waals surface area contributed by atoms with Gasteiger partial charge >= 0.3 is 0 Å². The number of carbonyl (C=O) groups excluding carboxylic acids is 1. The maximum absolute atomic E-state index is 13.4. The average Bonchev–Trinajstić information content (AvgIpc) is 2.66. The summed E-state index contributed by atoms with van der Waals surface area (Å²) >= 11 is 0. The number of carbonyl (C=O) groups is 1. The predicted molar refractivity (Wildman–Crippen MR) is 95.9 cm³/mol. The van der Waals surface area contributed by atoms with Crippen LogP contribution in [0.4, 0.5) is 0 Å². The summed E-state index contributed by atoms with van der Waals surface area (Å²) in [7, 11) is 5.31. The molecule has 0 aromatic heterocycles. The van der Waals surface area contributed by atoms with Crippen LogP contribution in [-0.4, -0.2) is 55.8 Å². The van der Waals surface area contributed by atoms with Gasteiger partial charge in [0, 0.05) is 20.3 Å². The van der Waals surface area contributed by atoms with Crippen LogP contribution in [0.1, 0.15) is 21.8 Å². The van der Waals surface area contributed by atoms with E-state index in [-0.39, 0.29) is 28.6 Å². The van der Waals surface area contributed by atoms with Gasteiger partial charge in [-0.25, -0.2) is 0 Å². The summed E-state index contributed by atoms with van der Waals surface area (Å²) in [5.41, 5.74) is 0.296. The zero-order chi connectivity index (χ0) is 20.1. The van der Waals surface area contributed by atoms with Crippen LogP contribution >= 0.6 is 0 Å². The molecule has 1 atom stereocenters. The lowest BCUT2D eigenvalue weighted by Gasteiger charge is -2.25. The quantitative estimate of drug-likeness (QED) is 0.474. The van der Waals surface area contributed by atoms with Gasteiger partial charge < -0.3 is 34.3 Å². The van der Waals surface area contributed by atoms with Crippen LogP contribution in [0.3, 0.4) is 0 Å². The number of benzene rings is 2. The standard InChI is InChI=1S/C19H22O8/c1-24-13-9-12(21)18(25-2)17(23)15(13)16(22)14(19(26-3)27-4)10-5-7-11(20)8-6-10/h5-9,14,19-21,23H,1-4H3. The fourth-order valence-corrected chi connectivity index (χ4v) is 2.85. The molecule has 0 aliphatic heterocycles. The normalized spacial score (nSPS) is 12.0. The number of phenolic OH excluding ortho intramolecular Hbond substituents is 3. The monoisotopic (exact) mass is 378 g/mol. The highest BCUT2D eigenvalue weighted by Gasteiger charge is 2.36. The Morgan fingerprint density at radius 1 is 0.926 bits per heavy atom. The first-order valence-corrected chi connectivity index (χ1v) is 7.95. The van der Waals surface area contributed by atoms with Crippen molar-refractivity contribution in [3.63, 3.8) is 0 Å². The van der Waals surface area contributed by atoms with E-state index >= 15 is 0 Å². The van der Waals surface area contributed by atoms with E-state index in [4.69, 9.17) is 18.9 Å². The molecule has 0 aliphatic carbocycles. The van der Waals surface area contributed by atoms with Crippen LogP contribution in [0, 0.1) is 0 Å². The number of rotatable bonds is 8. The van der Waals surface area contributed by atoms with E-state index in [2.05, 4.69) is 0 Å². The van der Waals surface area contributed by atoms with Crippen molar-refractivity contribution in [1.82, 2.24) is 0 Å². The van der Waals surface area contributed by atoms with Crippen molar-refractivity contribution in [2.75, 3.05) is 28.4 Å². The first-order chi connectivity index (χ1) is 12.9. The smallest absolute Gasteiger partial charge is 0.203 e. The van der Waals surface area contributed by atoms with E-state index in [0.717, 1.165) is 0 Å². The van der Waals surface area contributed by atoms with E-state index in [0.29, 0.717) is 5.56 Å². The highest BCUT2D eigenvalue weighted by Crippen LogP contribution is 2.46. The second kappa shape index (κ2) is 8.61. The molecular weight excluding hydrogens is 356 g/mol. The van der Waals surface area contributed by atoms with E-state index in [1.165, 1.54) is 46.6 Å². The Hall–Kier alpha value is -2.97. The fourth-order valence-electron chi connectivity index (χ4n) is 2.85. The molecule has 0 saturated heterocycles. The molecule has 8 heteroatoms. The Balaban J connectivity index is 2.67. The lowest BCUT2D eigenvalue weighted by molar-refractivity contribution is -0.110. The number of hydrogen-bond acceptors (Lipinski definition) is 8. The van der Waals surface area contributed by atoms with Gasteiger partial charge in [0.1, 0.15) is 17.1 Å². The van der Waals surface area contributed by atoms with Crippen molar-refractivity contribution >= 4 is 5.78 Å². The van der Waals surface area contributed by atoms with Gasteiger partial charge in [-0.1, -0.05) is 12.1 Å². The van der Waals surface area contributed by atoms with Crippen LogP contribution in [0.5, 0.6) is 28.7 Å². The van der Waals surface area contributed by atoms with Crippen LogP contribution in [0.15, 0.2) is 30.3 Å². The van der Waals surface area contributed by atoms with Gasteiger partial charge in [-0.3, -0.25) is 4.79 Å². The van der Waals surface area contributed by atoms with Gasteiger partial charge in [-0.2, -0.15) is 0 Å². The van der Waals surface area contributed by atoms with Crippen LogP contribution in [-0.2, 0) is 9.47 Å². The van der Waals surface area contributed by atoms with Crippen molar-refractivity contribution in [3.8, 4) is 28.7 Å². The number of ketones is 1. The fraction of sp³-hybridized carbons (Fsp3) is 0.316. The molecule has 0 bridgehead atoms. The number of phenols is 3. The highest BCUT2D eigenvalue weighted by molar-refractivity contribution is 6.06. The van der Waals surface area contributed by atoms with E-state index in [1.54, 1.807) is 12.1 Å². The van der Waals surface area contributed by atoms with Gasteiger partial charge in [-0.15, -0.1) is 0 Å². The van der Waals surface area contributed by atoms with Crippen LogP contribution in [0.2, 0.25) is 0 Å². The molecular formula is C19H22O8. The molecule has 2 aromatic carbocycles. The summed E-state index contributed by atoms with van der Waals surface area (Å²) in [5, 5.41) is 30.0. The summed E-state index contributed by atoms with van der Waals surface area (Å²) in [6, 6.07) is 7.11. The third kappa shape index (κ3) is 3.91.